The molecule has 0 spiro atoms. The number of sulfonamides is 2. The first-order chi connectivity index (χ1) is 14.5. The normalized spacial score (nSPS) is 11.7. The molecule has 0 radical (unpaired) electrons. The molecule has 0 aliphatic heterocycles. The van der Waals surface area contributed by atoms with Gasteiger partial charge in [0.05, 0.1) is 15.4 Å². The van der Waals surface area contributed by atoms with Crippen LogP contribution in [0.4, 0.5) is 23.1 Å². The fourth-order valence-corrected chi connectivity index (χ4v) is 3.66. The highest BCUT2D eigenvalue weighted by Gasteiger charge is 2.15. The van der Waals surface area contributed by atoms with Crippen LogP contribution in [0.15, 0.2) is 58.3 Å². The Kier molecular flexibility index (Phi) is 6.24. The number of hydrogen-bond donors (Lipinski definition) is 4. The van der Waals surface area contributed by atoms with Gasteiger partial charge >= 0.3 is 0 Å². The topological polar surface area (TPSA) is 187 Å². The van der Waals surface area contributed by atoms with Gasteiger partial charge in [-0.1, -0.05) is 11.6 Å². The zero-order chi connectivity index (χ0) is 22.8. The highest BCUT2D eigenvalue weighted by atomic mass is 35.5. The lowest BCUT2D eigenvalue weighted by atomic mass is 10.3. The van der Waals surface area contributed by atoms with Crippen LogP contribution >= 0.6 is 11.6 Å². The Hall–Kier alpha value is -3.10. The summed E-state index contributed by atoms with van der Waals surface area (Å²) in [6.07, 6.45) is 0.466. The first-order valence-electron chi connectivity index (χ1n) is 8.30. The Bertz CT molecular complexity index is 1350. The van der Waals surface area contributed by atoms with Gasteiger partial charge < -0.3 is 10.6 Å². The molecule has 0 aliphatic carbocycles. The van der Waals surface area contributed by atoms with E-state index in [2.05, 4.69) is 20.6 Å². The van der Waals surface area contributed by atoms with E-state index in [4.69, 9.17) is 21.9 Å². The lowest BCUT2D eigenvalue weighted by molar-refractivity contribution is 0.112. The number of nitrogens with two attached hydrogens (primary N) is 2. The Morgan fingerprint density at radius 1 is 0.774 bits per heavy atom. The van der Waals surface area contributed by atoms with Crippen molar-refractivity contribution in [2.45, 2.75) is 9.79 Å². The predicted octanol–water partition coefficient (Wildman–Crippen LogP) is 1.72. The number of nitrogens with one attached hydrogen (secondary N) is 2. The van der Waals surface area contributed by atoms with Crippen LogP contribution in [0, 0.1) is 0 Å². The van der Waals surface area contributed by atoms with Gasteiger partial charge in [-0.15, -0.1) is 0 Å². The van der Waals surface area contributed by atoms with Gasteiger partial charge in [0.1, 0.15) is 11.0 Å². The second-order valence-corrected chi connectivity index (χ2v) is 9.59. The van der Waals surface area contributed by atoms with E-state index < -0.39 is 20.0 Å². The standard InChI is InChI=1S/C17H15ClN6O5S2/c18-15-14(9-25)16(21-10-1-5-12(6-2-10)30(19,26)27)24-17(23-15)22-11-3-7-13(8-4-11)31(20,28)29/h1-9H,(H2,19,26,27)(H2,20,28,29)(H2,21,22,23,24). The molecule has 6 N–H and O–H groups in total. The fourth-order valence-electron chi connectivity index (χ4n) is 2.42. The zero-order valence-corrected chi connectivity index (χ0v) is 17.9. The van der Waals surface area contributed by atoms with Gasteiger partial charge in [0, 0.05) is 11.4 Å². The number of halogens is 1. The number of carbonyl (C=O) groups excluding carboxylic acids is 1. The third kappa shape index (κ3) is 5.53. The van der Waals surface area contributed by atoms with Gasteiger partial charge in [-0.25, -0.2) is 27.1 Å². The molecule has 0 aliphatic rings. The molecule has 3 rings (SSSR count). The molecule has 1 aromatic heterocycles. The van der Waals surface area contributed by atoms with Gasteiger partial charge in [-0.2, -0.15) is 9.97 Å². The van der Waals surface area contributed by atoms with Crippen LogP contribution in [0.2, 0.25) is 5.15 Å². The Labute approximate surface area is 182 Å². The molecule has 0 saturated carbocycles. The van der Waals surface area contributed by atoms with Crippen LogP contribution in [0.25, 0.3) is 0 Å². The van der Waals surface area contributed by atoms with E-state index in [1.807, 2.05) is 0 Å². The van der Waals surface area contributed by atoms with Crippen molar-refractivity contribution in [1.29, 1.82) is 0 Å². The smallest absolute Gasteiger partial charge is 0.238 e. The molecule has 0 unspecified atom stereocenters. The number of aromatic nitrogens is 2. The van der Waals surface area contributed by atoms with E-state index in [-0.39, 0.29) is 32.3 Å². The summed E-state index contributed by atoms with van der Waals surface area (Å²) in [4.78, 5) is 19.5. The summed E-state index contributed by atoms with van der Waals surface area (Å²) < 4.78 is 45.4. The molecule has 14 heteroatoms. The molecule has 0 saturated heterocycles. The Morgan fingerprint density at radius 2 is 1.23 bits per heavy atom. The highest BCUT2D eigenvalue weighted by molar-refractivity contribution is 7.89. The molecule has 0 bridgehead atoms. The minimum absolute atomic E-state index is 0.0163. The van der Waals surface area contributed by atoms with Crippen molar-refractivity contribution in [3.63, 3.8) is 0 Å². The number of nitrogens with zero attached hydrogens (tertiary/aromatic N) is 2. The number of anilines is 4. The van der Waals surface area contributed by atoms with Gasteiger partial charge in [0.2, 0.25) is 26.0 Å². The number of benzene rings is 2. The summed E-state index contributed by atoms with van der Waals surface area (Å²) in [6.45, 7) is 0. The van der Waals surface area contributed by atoms with Crippen LogP contribution in [0.5, 0.6) is 0 Å². The Balaban J connectivity index is 1.90. The molecule has 3 aromatic rings. The largest absolute Gasteiger partial charge is 0.339 e. The van der Waals surface area contributed by atoms with Crippen molar-refractivity contribution in [2.75, 3.05) is 10.6 Å². The first-order valence-corrected chi connectivity index (χ1v) is 11.8. The quantitative estimate of drug-likeness (QED) is 0.287. The molecule has 11 nitrogen and oxygen atoms in total. The summed E-state index contributed by atoms with van der Waals surface area (Å²) in [5.74, 6) is 0.0737. The lowest BCUT2D eigenvalue weighted by Crippen LogP contribution is -2.12. The number of hydrogen-bond acceptors (Lipinski definition) is 9. The zero-order valence-electron chi connectivity index (χ0n) is 15.5. The first kappa shape index (κ1) is 22.6. The summed E-state index contributed by atoms with van der Waals surface area (Å²) in [5.41, 5.74) is 0.826. The average Bonchev–Trinajstić information content (AvgIpc) is 2.67. The summed E-state index contributed by atoms with van der Waals surface area (Å²) >= 11 is 6.08. The number of carbonyl (C=O) groups is 1. The number of primary sulfonamides is 2. The maximum Gasteiger partial charge on any atom is 0.238 e. The van der Waals surface area contributed by atoms with E-state index >= 15 is 0 Å². The van der Waals surface area contributed by atoms with Crippen molar-refractivity contribution in [3.05, 3.63) is 59.2 Å². The Morgan fingerprint density at radius 3 is 1.65 bits per heavy atom. The van der Waals surface area contributed by atoms with Crippen LogP contribution in [-0.2, 0) is 20.0 Å². The number of rotatable bonds is 7. The van der Waals surface area contributed by atoms with Crippen LogP contribution in [0.3, 0.4) is 0 Å². The van der Waals surface area contributed by atoms with E-state index in [0.717, 1.165) is 0 Å². The van der Waals surface area contributed by atoms with Crippen LogP contribution < -0.4 is 20.9 Å². The van der Waals surface area contributed by atoms with Crippen molar-refractivity contribution >= 4 is 61.1 Å². The third-order valence-corrected chi connectivity index (χ3v) is 6.05. The van der Waals surface area contributed by atoms with Gasteiger partial charge in [0.15, 0.2) is 6.29 Å². The minimum Gasteiger partial charge on any atom is -0.339 e. The molecule has 2 aromatic carbocycles. The highest BCUT2D eigenvalue weighted by Crippen LogP contribution is 2.26. The molecule has 162 valence electrons. The minimum atomic E-state index is -3.85. The second-order valence-electron chi connectivity index (χ2n) is 6.11. The van der Waals surface area contributed by atoms with E-state index in [9.17, 15) is 21.6 Å². The van der Waals surface area contributed by atoms with E-state index in [0.29, 0.717) is 17.7 Å². The van der Waals surface area contributed by atoms with Crippen LogP contribution in [-0.4, -0.2) is 33.1 Å². The van der Waals surface area contributed by atoms with Crippen molar-refractivity contribution < 1.29 is 21.6 Å². The molecule has 0 amide bonds. The average molecular weight is 483 g/mol. The molecule has 0 fully saturated rings. The molecular weight excluding hydrogens is 468 g/mol. The van der Waals surface area contributed by atoms with Crippen molar-refractivity contribution in [2.24, 2.45) is 10.3 Å². The van der Waals surface area contributed by atoms with Crippen LogP contribution in [0.1, 0.15) is 10.4 Å². The second kappa shape index (κ2) is 8.56. The van der Waals surface area contributed by atoms with Gasteiger partial charge in [-0.05, 0) is 48.5 Å². The van der Waals surface area contributed by atoms with E-state index in [1.54, 1.807) is 0 Å². The third-order valence-electron chi connectivity index (χ3n) is 3.90. The van der Waals surface area contributed by atoms with Gasteiger partial charge in [-0.3, -0.25) is 4.79 Å². The number of aldehydes is 1. The predicted molar refractivity (Wildman–Crippen MR) is 115 cm³/mol. The lowest BCUT2D eigenvalue weighted by Gasteiger charge is -2.12. The molecule has 31 heavy (non-hydrogen) atoms. The van der Waals surface area contributed by atoms with Gasteiger partial charge in [0.25, 0.3) is 0 Å². The monoisotopic (exact) mass is 482 g/mol. The SMILES string of the molecule is NS(=O)(=O)c1ccc(Nc2nc(Cl)c(C=O)c(Nc3ccc(S(N)(=O)=O)cc3)n2)cc1. The summed E-state index contributed by atoms with van der Waals surface area (Å²) in [6, 6.07) is 10.9. The summed E-state index contributed by atoms with van der Waals surface area (Å²) in [5, 5.41) is 15.7. The maximum absolute atomic E-state index is 11.4. The molecule has 0 atom stereocenters. The molecule has 1 heterocycles. The van der Waals surface area contributed by atoms with Crippen molar-refractivity contribution in [3.8, 4) is 0 Å². The van der Waals surface area contributed by atoms with E-state index in [1.165, 1.54) is 48.5 Å². The summed E-state index contributed by atoms with van der Waals surface area (Å²) in [7, 11) is -7.69. The fraction of sp³-hybridized carbons (Fsp3) is 0. The van der Waals surface area contributed by atoms with Crippen molar-refractivity contribution in [1.82, 2.24) is 9.97 Å². The molecular formula is C17H15ClN6O5S2. The maximum atomic E-state index is 11.4.